The molecule has 3 aromatic heterocycles. The fraction of sp³-hybridized carbons (Fsp3) is 0.160. The molecule has 6 rings (SSSR count). The van der Waals surface area contributed by atoms with E-state index in [4.69, 9.17) is 9.47 Å². The van der Waals surface area contributed by atoms with Gasteiger partial charge >= 0.3 is 5.69 Å². The van der Waals surface area contributed by atoms with Gasteiger partial charge in [0.15, 0.2) is 11.5 Å². The van der Waals surface area contributed by atoms with Crippen LogP contribution in [0.25, 0.3) is 27.5 Å². The van der Waals surface area contributed by atoms with Crippen LogP contribution in [0.2, 0.25) is 0 Å². The van der Waals surface area contributed by atoms with E-state index in [-0.39, 0.29) is 30.1 Å². The summed E-state index contributed by atoms with van der Waals surface area (Å²) in [6.45, 7) is 2.03. The smallest absolute Gasteiger partial charge is 0.333 e. The average Bonchev–Trinajstić information content (AvgIpc) is 3.56. The average molecular weight is 553 g/mol. The maximum absolute atomic E-state index is 13.6. The molecule has 11 nitrogen and oxygen atoms in total. The van der Waals surface area contributed by atoms with Crippen molar-refractivity contribution in [3.05, 3.63) is 84.8 Å². The molecule has 0 unspecified atom stereocenters. The molecule has 0 fully saturated rings. The third kappa shape index (κ3) is 3.96. The van der Waals surface area contributed by atoms with Crippen molar-refractivity contribution in [2.24, 2.45) is 0 Å². The summed E-state index contributed by atoms with van der Waals surface area (Å²) in [6.07, 6.45) is 0.857. The van der Waals surface area contributed by atoms with E-state index in [0.717, 1.165) is 21.9 Å². The molecule has 0 saturated heterocycles. The fourth-order valence-electron chi connectivity index (χ4n) is 4.66. The van der Waals surface area contributed by atoms with Crippen molar-refractivity contribution in [3.63, 3.8) is 0 Å². The maximum atomic E-state index is 13.6. The summed E-state index contributed by atoms with van der Waals surface area (Å²) < 4.78 is 39.5. The number of benzene rings is 2. The van der Waals surface area contributed by atoms with E-state index in [2.05, 4.69) is 4.98 Å². The first-order valence-electron chi connectivity index (χ1n) is 11.4. The quantitative estimate of drug-likeness (QED) is 0.341. The number of ether oxygens (including phenoxy) is 2. The van der Waals surface area contributed by atoms with E-state index in [9.17, 15) is 22.8 Å². The lowest BCUT2D eigenvalue weighted by Gasteiger charge is -2.13. The van der Waals surface area contributed by atoms with E-state index >= 15 is 0 Å². The van der Waals surface area contributed by atoms with E-state index in [0.29, 0.717) is 27.9 Å². The second-order valence-corrected chi connectivity index (χ2v) is 11.5. The van der Waals surface area contributed by atoms with Crippen molar-refractivity contribution in [2.75, 3.05) is 13.0 Å². The van der Waals surface area contributed by atoms with Gasteiger partial charge in [-0.1, -0.05) is 17.7 Å². The number of H-pyrrole nitrogens is 1. The van der Waals surface area contributed by atoms with Gasteiger partial charge in [0.25, 0.3) is 11.5 Å². The van der Waals surface area contributed by atoms with E-state index in [1.54, 1.807) is 45.7 Å². The predicted molar refractivity (Wildman–Crippen MR) is 142 cm³/mol. The van der Waals surface area contributed by atoms with Gasteiger partial charge in [-0.25, -0.2) is 22.5 Å². The minimum Gasteiger partial charge on any atom is -0.454 e. The lowest BCUT2D eigenvalue weighted by Crippen LogP contribution is -2.37. The number of nitrogens with one attached hydrogen (secondary N) is 2. The molecule has 1 aliphatic rings. The van der Waals surface area contributed by atoms with Crippen molar-refractivity contribution in [2.45, 2.75) is 13.5 Å². The third-order valence-corrected chi connectivity index (χ3v) is 7.53. The van der Waals surface area contributed by atoms with Crippen LogP contribution in [0.4, 0.5) is 0 Å². The number of aryl methyl sites for hydroxylation is 1. The first-order chi connectivity index (χ1) is 18.1. The monoisotopic (exact) mass is 552 g/mol. The first kappa shape index (κ1) is 24.0. The Kier molecular flexibility index (Phi) is 5.43. The highest BCUT2D eigenvalue weighted by Gasteiger charge is 2.29. The van der Waals surface area contributed by atoms with Gasteiger partial charge in [0.05, 0.1) is 28.4 Å². The standard InChI is InChI=1S/C25H20N4O7S2/c1-13-3-5-18-15(7-13)21(29-24(31)16-10-37-11-17(16)26-25(29)32)22(23(30)27-38(2,33)34)28(18)9-14-4-6-19-20(8-14)36-12-35-19/h3-8,10-11H,9,12H2,1-2H3,(H,26,32)(H,27,30). The van der Waals surface area contributed by atoms with Crippen molar-refractivity contribution in [1.29, 1.82) is 0 Å². The van der Waals surface area contributed by atoms with E-state index in [1.807, 2.05) is 17.7 Å². The zero-order valence-corrected chi connectivity index (χ0v) is 21.7. The zero-order chi connectivity index (χ0) is 26.8. The van der Waals surface area contributed by atoms with E-state index < -0.39 is 27.2 Å². The highest BCUT2D eigenvalue weighted by atomic mass is 32.2. The van der Waals surface area contributed by atoms with Crippen molar-refractivity contribution >= 4 is 49.1 Å². The Morgan fingerprint density at radius 1 is 1.08 bits per heavy atom. The molecule has 13 heteroatoms. The van der Waals surface area contributed by atoms with Gasteiger partial charge in [0, 0.05) is 22.7 Å². The van der Waals surface area contributed by atoms with Crippen LogP contribution in [-0.4, -0.2) is 41.5 Å². The lowest BCUT2D eigenvalue weighted by molar-refractivity contribution is 0.0973. The number of fused-ring (bicyclic) bond motifs is 3. The molecule has 38 heavy (non-hydrogen) atoms. The highest BCUT2D eigenvalue weighted by Crippen LogP contribution is 2.35. The van der Waals surface area contributed by atoms with Crippen LogP contribution in [0.3, 0.4) is 0 Å². The summed E-state index contributed by atoms with van der Waals surface area (Å²) in [5.74, 6) is 0.140. The molecule has 0 atom stereocenters. The van der Waals surface area contributed by atoms with E-state index in [1.165, 1.54) is 11.3 Å². The predicted octanol–water partition coefficient (Wildman–Crippen LogP) is 2.47. The molecule has 0 bridgehead atoms. The molecule has 2 N–H and O–H groups in total. The van der Waals surface area contributed by atoms with Gasteiger partial charge in [-0.2, -0.15) is 0 Å². The normalized spacial score (nSPS) is 12.9. The Bertz CT molecular complexity index is 2020. The summed E-state index contributed by atoms with van der Waals surface area (Å²) in [6, 6.07) is 10.6. The third-order valence-electron chi connectivity index (χ3n) is 6.23. The van der Waals surface area contributed by atoms with Crippen molar-refractivity contribution < 1.29 is 22.7 Å². The largest absolute Gasteiger partial charge is 0.454 e. The Labute approximate surface area is 218 Å². The Morgan fingerprint density at radius 3 is 2.66 bits per heavy atom. The molecular formula is C25H20N4O7S2. The SMILES string of the molecule is Cc1ccc2c(c1)c(-n1c(=O)[nH]c3cscc3c1=O)c(C(=O)NS(C)(=O)=O)n2Cc1ccc2c(c1)OCO2. The number of nitrogens with zero attached hydrogens (tertiary/aromatic N) is 2. The summed E-state index contributed by atoms with van der Waals surface area (Å²) >= 11 is 1.25. The number of carbonyl (C=O) groups excluding carboxylic acids is 1. The van der Waals surface area contributed by atoms with Gasteiger partial charge in [0.2, 0.25) is 16.8 Å². The number of rotatable bonds is 5. The number of sulfonamides is 1. The molecule has 1 amide bonds. The fourth-order valence-corrected chi connectivity index (χ4v) is 5.84. The summed E-state index contributed by atoms with van der Waals surface area (Å²) in [5, 5.41) is 3.96. The molecule has 0 radical (unpaired) electrons. The minimum absolute atomic E-state index is 0.00931. The van der Waals surface area contributed by atoms with Gasteiger partial charge in [-0.05, 0) is 36.8 Å². The summed E-state index contributed by atoms with van der Waals surface area (Å²) in [5.41, 5.74) is 0.902. The molecule has 5 aromatic rings. The Hall–Kier alpha value is -4.36. The number of hydrogen-bond donors (Lipinski definition) is 2. The Morgan fingerprint density at radius 2 is 1.87 bits per heavy atom. The summed E-state index contributed by atoms with van der Waals surface area (Å²) in [7, 11) is -3.98. The lowest BCUT2D eigenvalue weighted by atomic mass is 10.1. The first-order valence-corrected chi connectivity index (χ1v) is 14.2. The second kappa shape index (κ2) is 8.60. The zero-order valence-electron chi connectivity index (χ0n) is 20.1. The van der Waals surface area contributed by atoms with Crippen LogP contribution in [0.15, 0.2) is 56.7 Å². The maximum Gasteiger partial charge on any atom is 0.333 e. The van der Waals surface area contributed by atoms with Crippen LogP contribution < -0.4 is 25.4 Å². The molecule has 2 aromatic carbocycles. The number of thiophene rings is 1. The molecular weight excluding hydrogens is 532 g/mol. The van der Waals surface area contributed by atoms with Crippen LogP contribution >= 0.6 is 11.3 Å². The molecule has 4 heterocycles. The second-order valence-electron chi connectivity index (χ2n) is 8.96. The van der Waals surface area contributed by atoms with Crippen LogP contribution in [0.5, 0.6) is 11.5 Å². The number of aromatic nitrogens is 3. The van der Waals surface area contributed by atoms with Gasteiger partial charge < -0.3 is 19.0 Å². The van der Waals surface area contributed by atoms with Crippen LogP contribution in [-0.2, 0) is 16.6 Å². The van der Waals surface area contributed by atoms with Crippen LogP contribution in [0.1, 0.15) is 21.6 Å². The topological polar surface area (TPSA) is 141 Å². The van der Waals surface area contributed by atoms with Crippen molar-refractivity contribution in [3.8, 4) is 17.2 Å². The Balaban J connectivity index is 1.69. The highest BCUT2D eigenvalue weighted by molar-refractivity contribution is 7.89. The van der Waals surface area contributed by atoms with Crippen LogP contribution in [0, 0.1) is 6.92 Å². The van der Waals surface area contributed by atoms with Gasteiger partial charge in [0.1, 0.15) is 5.69 Å². The van der Waals surface area contributed by atoms with Gasteiger partial charge in [-0.3, -0.25) is 9.59 Å². The number of amides is 1. The molecule has 194 valence electrons. The van der Waals surface area contributed by atoms with Crippen molar-refractivity contribution in [1.82, 2.24) is 18.8 Å². The molecule has 1 aliphatic heterocycles. The molecule has 0 aliphatic carbocycles. The van der Waals surface area contributed by atoms with Gasteiger partial charge in [-0.15, -0.1) is 11.3 Å². The number of hydrogen-bond acceptors (Lipinski definition) is 8. The molecule has 0 saturated carbocycles. The number of aromatic amines is 1. The molecule has 0 spiro atoms. The number of carbonyl (C=O) groups is 1. The summed E-state index contributed by atoms with van der Waals surface area (Å²) in [4.78, 5) is 43.1. The minimum atomic E-state index is -3.98.